The average Bonchev–Trinajstić information content (AvgIpc) is 3.13. The zero-order valence-electron chi connectivity index (χ0n) is 11.2. The van der Waals surface area contributed by atoms with Gasteiger partial charge in [-0.25, -0.2) is 0 Å². The maximum atomic E-state index is 9.44. The van der Waals surface area contributed by atoms with E-state index in [-0.39, 0.29) is 5.54 Å². The smallest absolute Gasteiger partial charge is 0.108 e. The Morgan fingerprint density at radius 3 is 2.76 bits per heavy atom. The highest BCUT2D eigenvalue weighted by Crippen LogP contribution is 2.34. The van der Waals surface area contributed by atoms with Crippen molar-refractivity contribution >= 4 is 0 Å². The van der Waals surface area contributed by atoms with Crippen LogP contribution in [-0.2, 0) is 0 Å². The lowest BCUT2D eigenvalue weighted by Gasteiger charge is -2.40. The van der Waals surface area contributed by atoms with Crippen LogP contribution in [0.5, 0.6) is 0 Å². The quantitative estimate of drug-likeness (QED) is 0.793. The second kappa shape index (κ2) is 5.37. The molecule has 0 aromatic heterocycles. The topological polar surface area (TPSA) is 39.1 Å². The van der Waals surface area contributed by atoms with E-state index >= 15 is 0 Å². The molecular formula is C14H25N3. The van der Waals surface area contributed by atoms with Gasteiger partial charge in [0.1, 0.15) is 5.54 Å². The van der Waals surface area contributed by atoms with Crippen LogP contribution in [0.25, 0.3) is 0 Å². The van der Waals surface area contributed by atoms with Crippen molar-refractivity contribution in [3.63, 3.8) is 0 Å². The molecule has 0 saturated heterocycles. The summed E-state index contributed by atoms with van der Waals surface area (Å²) < 4.78 is 0. The van der Waals surface area contributed by atoms with Crippen molar-refractivity contribution in [1.82, 2.24) is 10.2 Å². The van der Waals surface area contributed by atoms with Gasteiger partial charge in [0.15, 0.2) is 0 Å². The number of nitriles is 1. The number of hydrogen-bond acceptors (Lipinski definition) is 3. The molecule has 0 heterocycles. The van der Waals surface area contributed by atoms with E-state index in [1.807, 2.05) is 0 Å². The van der Waals surface area contributed by atoms with Crippen molar-refractivity contribution < 1.29 is 0 Å². The largest absolute Gasteiger partial charge is 0.303 e. The fraction of sp³-hybridized carbons (Fsp3) is 0.929. The highest BCUT2D eigenvalue weighted by atomic mass is 15.1. The highest BCUT2D eigenvalue weighted by molar-refractivity contribution is 5.11. The predicted molar refractivity (Wildman–Crippen MR) is 69.6 cm³/mol. The molecule has 2 rings (SSSR count). The minimum absolute atomic E-state index is 0.254. The molecular weight excluding hydrogens is 210 g/mol. The molecule has 0 amide bonds. The number of nitrogens with zero attached hydrogens (tertiary/aromatic N) is 2. The Hall–Kier alpha value is -0.590. The zero-order chi connectivity index (χ0) is 12.3. The van der Waals surface area contributed by atoms with Crippen LogP contribution in [0.1, 0.15) is 45.4 Å². The van der Waals surface area contributed by atoms with Crippen LogP contribution >= 0.6 is 0 Å². The molecule has 0 aromatic carbocycles. The van der Waals surface area contributed by atoms with E-state index in [9.17, 15) is 5.26 Å². The van der Waals surface area contributed by atoms with Crippen LogP contribution in [0.2, 0.25) is 0 Å². The van der Waals surface area contributed by atoms with Gasteiger partial charge in [-0.15, -0.1) is 0 Å². The molecule has 0 bridgehead atoms. The van der Waals surface area contributed by atoms with Crippen LogP contribution < -0.4 is 5.32 Å². The average molecular weight is 235 g/mol. The first-order chi connectivity index (χ1) is 8.19. The van der Waals surface area contributed by atoms with Crippen LogP contribution in [0, 0.1) is 17.2 Å². The molecule has 2 fully saturated rings. The molecule has 2 atom stereocenters. The minimum atomic E-state index is -0.254. The monoisotopic (exact) mass is 235 g/mol. The van der Waals surface area contributed by atoms with Gasteiger partial charge in [0.2, 0.25) is 0 Å². The molecule has 0 radical (unpaired) electrons. The first-order valence-electron chi connectivity index (χ1n) is 7.05. The van der Waals surface area contributed by atoms with E-state index in [1.54, 1.807) is 0 Å². The van der Waals surface area contributed by atoms with Gasteiger partial charge in [0.05, 0.1) is 6.07 Å². The molecule has 0 aliphatic heterocycles. The highest BCUT2D eigenvalue weighted by Gasteiger charge is 2.38. The van der Waals surface area contributed by atoms with Gasteiger partial charge < -0.3 is 4.90 Å². The Bertz CT molecular complexity index is 288. The Morgan fingerprint density at radius 1 is 1.41 bits per heavy atom. The van der Waals surface area contributed by atoms with Crippen LogP contribution in [0.4, 0.5) is 0 Å². The fourth-order valence-electron chi connectivity index (χ4n) is 3.12. The van der Waals surface area contributed by atoms with Crippen molar-refractivity contribution in [3.8, 4) is 6.07 Å². The Morgan fingerprint density at radius 2 is 2.18 bits per heavy atom. The summed E-state index contributed by atoms with van der Waals surface area (Å²) in [5.74, 6) is 0.942. The first-order valence-corrected chi connectivity index (χ1v) is 7.05. The summed E-state index contributed by atoms with van der Waals surface area (Å²) in [5.41, 5.74) is -0.254. The van der Waals surface area contributed by atoms with Crippen molar-refractivity contribution in [3.05, 3.63) is 0 Å². The van der Waals surface area contributed by atoms with E-state index in [0.717, 1.165) is 25.3 Å². The molecule has 17 heavy (non-hydrogen) atoms. The fourth-order valence-corrected chi connectivity index (χ4v) is 3.12. The molecule has 0 spiro atoms. The molecule has 1 N–H and O–H groups in total. The number of rotatable bonds is 5. The van der Waals surface area contributed by atoms with E-state index in [1.165, 1.54) is 32.2 Å². The predicted octanol–water partition coefficient (Wildman–Crippen LogP) is 2.14. The lowest BCUT2D eigenvalue weighted by molar-refractivity contribution is 0.141. The third-order valence-corrected chi connectivity index (χ3v) is 4.32. The summed E-state index contributed by atoms with van der Waals surface area (Å²) >= 11 is 0. The standard InChI is InChI=1S/C14H25N3/c1-3-16-14(11-15)8-4-5-13(9-14)17(2)10-12-6-7-12/h12-13,16H,3-10H2,1-2H3. The summed E-state index contributed by atoms with van der Waals surface area (Å²) in [6, 6.07) is 3.13. The lowest BCUT2D eigenvalue weighted by Crippen LogP contribution is -2.52. The molecule has 2 aliphatic carbocycles. The van der Waals surface area contributed by atoms with Crippen LogP contribution in [-0.4, -0.2) is 36.6 Å². The molecule has 96 valence electrons. The van der Waals surface area contributed by atoms with Gasteiger partial charge in [-0.2, -0.15) is 5.26 Å². The van der Waals surface area contributed by atoms with Crippen molar-refractivity contribution in [1.29, 1.82) is 5.26 Å². The lowest BCUT2D eigenvalue weighted by atomic mass is 9.79. The maximum absolute atomic E-state index is 9.44. The summed E-state index contributed by atoms with van der Waals surface area (Å²) in [5, 5.41) is 12.8. The molecule has 2 aliphatic rings. The van der Waals surface area contributed by atoms with Gasteiger partial charge in [-0.05, 0) is 58.0 Å². The summed E-state index contributed by atoms with van der Waals surface area (Å²) in [7, 11) is 2.24. The van der Waals surface area contributed by atoms with Crippen molar-refractivity contribution in [2.24, 2.45) is 5.92 Å². The SMILES string of the molecule is CCNC1(C#N)CCCC(N(C)CC2CC2)C1. The van der Waals surface area contributed by atoms with Crippen LogP contribution in [0.3, 0.4) is 0 Å². The van der Waals surface area contributed by atoms with Gasteiger partial charge in [-0.1, -0.05) is 6.92 Å². The summed E-state index contributed by atoms with van der Waals surface area (Å²) in [4.78, 5) is 2.50. The van der Waals surface area contributed by atoms with E-state index in [2.05, 4.69) is 30.3 Å². The van der Waals surface area contributed by atoms with E-state index in [4.69, 9.17) is 0 Å². The number of hydrogen-bond donors (Lipinski definition) is 1. The molecule has 0 aromatic rings. The van der Waals surface area contributed by atoms with E-state index < -0.39 is 0 Å². The van der Waals surface area contributed by atoms with E-state index in [0.29, 0.717) is 6.04 Å². The maximum Gasteiger partial charge on any atom is 0.108 e. The second-order valence-electron chi connectivity index (χ2n) is 5.86. The molecule has 3 heteroatoms. The van der Waals surface area contributed by atoms with Crippen molar-refractivity contribution in [2.75, 3.05) is 20.1 Å². The van der Waals surface area contributed by atoms with Gasteiger partial charge in [0.25, 0.3) is 0 Å². The second-order valence-corrected chi connectivity index (χ2v) is 5.86. The van der Waals surface area contributed by atoms with Gasteiger partial charge >= 0.3 is 0 Å². The molecule has 2 unspecified atom stereocenters. The summed E-state index contributed by atoms with van der Waals surface area (Å²) in [6.07, 6.45) is 7.28. The minimum Gasteiger partial charge on any atom is -0.303 e. The van der Waals surface area contributed by atoms with Gasteiger partial charge in [-0.3, -0.25) is 5.32 Å². The van der Waals surface area contributed by atoms with Crippen LogP contribution in [0.15, 0.2) is 0 Å². The van der Waals surface area contributed by atoms with Gasteiger partial charge in [0, 0.05) is 12.6 Å². The van der Waals surface area contributed by atoms with Crippen molar-refractivity contribution in [2.45, 2.75) is 57.0 Å². The Balaban J connectivity index is 1.92. The third kappa shape index (κ3) is 3.20. The number of nitrogens with one attached hydrogen (secondary N) is 1. The Kier molecular flexibility index (Phi) is 4.06. The zero-order valence-corrected chi connectivity index (χ0v) is 11.2. The molecule has 3 nitrogen and oxygen atoms in total. The Labute approximate surface area is 105 Å². The first kappa shape index (κ1) is 12.9. The normalized spacial score (nSPS) is 33.6. The summed E-state index contributed by atoms with van der Waals surface area (Å²) in [6.45, 7) is 4.22. The third-order valence-electron chi connectivity index (χ3n) is 4.32. The molecule has 2 saturated carbocycles.